The van der Waals surface area contributed by atoms with E-state index in [4.69, 9.17) is 4.74 Å². The Morgan fingerprint density at radius 3 is 2.75 bits per heavy atom. The fourth-order valence-electron chi connectivity index (χ4n) is 4.53. The van der Waals surface area contributed by atoms with Crippen LogP contribution in [0.1, 0.15) is 51.4 Å². The van der Waals surface area contributed by atoms with Crippen LogP contribution in [0.3, 0.4) is 0 Å². The van der Waals surface area contributed by atoms with Crippen molar-refractivity contribution >= 4 is 5.97 Å². The third-order valence-electron chi connectivity index (χ3n) is 5.64. The first kappa shape index (κ1) is 14.3. The lowest BCUT2D eigenvalue weighted by molar-refractivity contribution is -0.161. The predicted molar refractivity (Wildman–Crippen MR) is 76.7 cm³/mol. The van der Waals surface area contributed by atoms with E-state index in [2.05, 4.69) is 4.90 Å². The summed E-state index contributed by atoms with van der Waals surface area (Å²) in [6.07, 6.45) is 9.52. The molecule has 2 heterocycles. The third-order valence-corrected chi connectivity index (χ3v) is 5.64. The van der Waals surface area contributed by atoms with E-state index in [1.807, 2.05) is 0 Å². The average Bonchev–Trinajstić information content (AvgIpc) is 2.48. The monoisotopic (exact) mass is 281 g/mol. The van der Waals surface area contributed by atoms with Gasteiger partial charge in [-0.2, -0.15) is 0 Å². The Bertz CT molecular complexity index is 350. The SMILES string of the molecule is O=C(O)C1(CN2CCC[C@H]3CCCC[C@H]32)CCCOC1. The number of aliphatic carboxylic acids is 1. The van der Waals surface area contributed by atoms with Crippen LogP contribution in [-0.2, 0) is 9.53 Å². The van der Waals surface area contributed by atoms with Crippen LogP contribution < -0.4 is 0 Å². The minimum atomic E-state index is -0.657. The number of likely N-dealkylation sites (tertiary alicyclic amines) is 1. The van der Waals surface area contributed by atoms with E-state index in [1.54, 1.807) is 0 Å². The predicted octanol–water partition coefficient (Wildman–Crippen LogP) is 2.52. The van der Waals surface area contributed by atoms with Gasteiger partial charge in [0.15, 0.2) is 0 Å². The molecule has 2 aliphatic heterocycles. The van der Waals surface area contributed by atoms with Gasteiger partial charge in [0.05, 0.1) is 6.61 Å². The molecule has 20 heavy (non-hydrogen) atoms. The number of carboxylic acid groups (broad SMARTS) is 1. The standard InChI is InChI=1S/C16H27NO3/c18-15(19)16(8-4-10-20-12-16)11-17-9-3-6-13-5-1-2-7-14(13)17/h13-14H,1-12H2,(H,18,19)/t13-,14-,16?/m1/s1. The highest BCUT2D eigenvalue weighted by Gasteiger charge is 2.45. The minimum absolute atomic E-state index is 0.399. The van der Waals surface area contributed by atoms with Gasteiger partial charge in [-0.15, -0.1) is 0 Å². The van der Waals surface area contributed by atoms with Crippen molar-refractivity contribution in [2.75, 3.05) is 26.3 Å². The molecule has 1 aliphatic carbocycles. The Hall–Kier alpha value is -0.610. The van der Waals surface area contributed by atoms with Crippen LogP contribution in [-0.4, -0.2) is 48.3 Å². The van der Waals surface area contributed by atoms with Crippen molar-refractivity contribution in [3.63, 3.8) is 0 Å². The van der Waals surface area contributed by atoms with Gasteiger partial charge in [0.2, 0.25) is 0 Å². The number of piperidine rings is 1. The number of hydrogen-bond donors (Lipinski definition) is 1. The molecule has 0 spiro atoms. The summed E-state index contributed by atoms with van der Waals surface area (Å²) in [7, 11) is 0. The Labute approximate surface area is 121 Å². The molecule has 2 saturated heterocycles. The molecule has 3 aliphatic rings. The molecule has 3 fully saturated rings. The summed E-state index contributed by atoms with van der Waals surface area (Å²) in [5.74, 6) is 0.156. The van der Waals surface area contributed by atoms with Gasteiger partial charge in [0.25, 0.3) is 0 Å². The molecule has 0 aromatic rings. The molecule has 0 aromatic heterocycles. The Balaban J connectivity index is 1.72. The van der Waals surface area contributed by atoms with Crippen LogP contribution in [0, 0.1) is 11.3 Å². The fourth-order valence-corrected chi connectivity index (χ4v) is 4.53. The van der Waals surface area contributed by atoms with Crippen molar-refractivity contribution in [3.05, 3.63) is 0 Å². The quantitative estimate of drug-likeness (QED) is 0.863. The molecule has 3 rings (SSSR count). The van der Waals surface area contributed by atoms with Gasteiger partial charge >= 0.3 is 5.97 Å². The molecule has 1 N–H and O–H groups in total. The van der Waals surface area contributed by atoms with Crippen LogP contribution in [0.25, 0.3) is 0 Å². The van der Waals surface area contributed by atoms with Gasteiger partial charge in [-0.1, -0.05) is 12.8 Å². The topological polar surface area (TPSA) is 49.8 Å². The maximum Gasteiger partial charge on any atom is 0.313 e. The third kappa shape index (κ3) is 2.73. The van der Waals surface area contributed by atoms with Crippen molar-refractivity contribution in [2.24, 2.45) is 11.3 Å². The van der Waals surface area contributed by atoms with Crippen molar-refractivity contribution in [2.45, 2.75) is 57.4 Å². The Morgan fingerprint density at radius 1 is 1.20 bits per heavy atom. The largest absolute Gasteiger partial charge is 0.481 e. The molecule has 1 unspecified atom stereocenters. The second kappa shape index (κ2) is 6.02. The first-order valence-corrected chi connectivity index (χ1v) is 8.26. The summed E-state index contributed by atoms with van der Waals surface area (Å²) in [5, 5.41) is 9.71. The number of hydrogen-bond acceptors (Lipinski definition) is 3. The van der Waals surface area contributed by atoms with E-state index in [0.29, 0.717) is 19.2 Å². The van der Waals surface area contributed by atoms with Gasteiger partial charge < -0.3 is 9.84 Å². The molecular weight excluding hydrogens is 254 g/mol. The zero-order chi connectivity index (χ0) is 14.0. The van der Waals surface area contributed by atoms with Gasteiger partial charge in [-0.25, -0.2) is 0 Å². The smallest absolute Gasteiger partial charge is 0.313 e. The molecular formula is C16H27NO3. The van der Waals surface area contributed by atoms with Crippen LogP contribution in [0.2, 0.25) is 0 Å². The summed E-state index contributed by atoms with van der Waals surface area (Å²) in [4.78, 5) is 14.3. The minimum Gasteiger partial charge on any atom is -0.481 e. The molecule has 3 atom stereocenters. The molecule has 4 heteroatoms. The highest BCUT2D eigenvalue weighted by Crippen LogP contribution is 2.38. The van der Waals surface area contributed by atoms with Crippen LogP contribution in [0.15, 0.2) is 0 Å². The molecule has 0 bridgehead atoms. The van der Waals surface area contributed by atoms with E-state index < -0.39 is 11.4 Å². The summed E-state index contributed by atoms with van der Waals surface area (Å²) >= 11 is 0. The van der Waals surface area contributed by atoms with Crippen LogP contribution in [0.4, 0.5) is 0 Å². The molecule has 0 aromatic carbocycles. The second-order valence-corrected chi connectivity index (χ2v) is 6.97. The van der Waals surface area contributed by atoms with E-state index in [-0.39, 0.29) is 0 Å². The van der Waals surface area contributed by atoms with Gasteiger partial charge in [-0.05, 0) is 51.0 Å². The van der Waals surface area contributed by atoms with E-state index >= 15 is 0 Å². The fraction of sp³-hybridized carbons (Fsp3) is 0.938. The van der Waals surface area contributed by atoms with Crippen LogP contribution in [0.5, 0.6) is 0 Å². The average molecular weight is 281 g/mol. The second-order valence-electron chi connectivity index (χ2n) is 6.97. The maximum absolute atomic E-state index is 11.8. The van der Waals surface area contributed by atoms with E-state index in [0.717, 1.165) is 31.9 Å². The van der Waals surface area contributed by atoms with E-state index in [1.165, 1.54) is 38.5 Å². The molecule has 0 radical (unpaired) electrons. The maximum atomic E-state index is 11.8. The zero-order valence-electron chi connectivity index (χ0n) is 12.4. The first-order valence-electron chi connectivity index (χ1n) is 8.26. The molecule has 4 nitrogen and oxygen atoms in total. The number of nitrogens with zero attached hydrogens (tertiary/aromatic N) is 1. The van der Waals surface area contributed by atoms with Crippen molar-refractivity contribution in [1.29, 1.82) is 0 Å². The molecule has 1 saturated carbocycles. The highest BCUT2D eigenvalue weighted by molar-refractivity contribution is 5.75. The summed E-state index contributed by atoms with van der Waals surface area (Å²) in [6, 6.07) is 0.635. The lowest BCUT2D eigenvalue weighted by Crippen LogP contribution is -2.55. The number of fused-ring (bicyclic) bond motifs is 1. The van der Waals surface area contributed by atoms with Crippen LogP contribution >= 0.6 is 0 Å². The summed E-state index contributed by atoms with van der Waals surface area (Å²) in [6.45, 7) is 2.90. The van der Waals surface area contributed by atoms with E-state index in [9.17, 15) is 9.90 Å². The van der Waals surface area contributed by atoms with Gasteiger partial charge in [0.1, 0.15) is 5.41 Å². The Morgan fingerprint density at radius 2 is 2.00 bits per heavy atom. The van der Waals surface area contributed by atoms with Crippen molar-refractivity contribution in [3.8, 4) is 0 Å². The number of carboxylic acids is 1. The number of rotatable bonds is 3. The highest BCUT2D eigenvalue weighted by atomic mass is 16.5. The molecule has 114 valence electrons. The van der Waals surface area contributed by atoms with Gasteiger partial charge in [0, 0.05) is 19.2 Å². The number of carbonyl (C=O) groups is 1. The summed E-state index contributed by atoms with van der Waals surface area (Å²) in [5.41, 5.74) is -0.655. The normalized spacial score (nSPS) is 39.2. The lowest BCUT2D eigenvalue weighted by atomic mass is 9.75. The lowest BCUT2D eigenvalue weighted by Gasteiger charge is -2.47. The summed E-state index contributed by atoms with van der Waals surface area (Å²) < 4.78 is 5.52. The first-order chi connectivity index (χ1) is 9.71. The Kier molecular flexibility index (Phi) is 4.32. The zero-order valence-corrected chi connectivity index (χ0v) is 12.4. The van der Waals surface area contributed by atoms with Gasteiger partial charge in [-0.3, -0.25) is 9.69 Å². The molecule has 0 amide bonds. The van der Waals surface area contributed by atoms with Crippen molar-refractivity contribution < 1.29 is 14.6 Å². The number of ether oxygens (including phenoxy) is 1. The van der Waals surface area contributed by atoms with Crippen molar-refractivity contribution in [1.82, 2.24) is 4.90 Å².